The molecular formula is C11H19NO2. The van der Waals surface area contributed by atoms with E-state index in [1.807, 2.05) is 0 Å². The summed E-state index contributed by atoms with van der Waals surface area (Å²) in [6.07, 6.45) is 3.26. The molecule has 2 aliphatic heterocycles. The van der Waals surface area contributed by atoms with Crippen molar-refractivity contribution < 1.29 is 9.47 Å². The lowest BCUT2D eigenvalue weighted by molar-refractivity contribution is -0.111. The molecule has 14 heavy (non-hydrogen) atoms. The number of hydrogen-bond acceptors (Lipinski definition) is 3. The molecule has 0 aromatic carbocycles. The van der Waals surface area contributed by atoms with Gasteiger partial charge in [-0.2, -0.15) is 0 Å². The molecule has 1 saturated carbocycles. The largest absolute Gasteiger partial charge is 0.372 e. The summed E-state index contributed by atoms with van der Waals surface area (Å²) >= 11 is 0. The molecule has 3 aliphatic rings. The zero-order chi connectivity index (χ0) is 9.60. The third-order valence-electron chi connectivity index (χ3n) is 3.68. The first kappa shape index (κ1) is 9.13. The second-order valence-corrected chi connectivity index (χ2v) is 5.13. The summed E-state index contributed by atoms with van der Waals surface area (Å²) in [6, 6.07) is 0. The highest BCUT2D eigenvalue weighted by Gasteiger charge is 2.45. The van der Waals surface area contributed by atoms with E-state index in [0.29, 0.717) is 6.10 Å². The van der Waals surface area contributed by atoms with Gasteiger partial charge in [-0.3, -0.25) is 4.90 Å². The van der Waals surface area contributed by atoms with E-state index in [2.05, 4.69) is 11.8 Å². The van der Waals surface area contributed by atoms with E-state index < -0.39 is 0 Å². The second-order valence-electron chi connectivity index (χ2n) is 5.13. The Hall–Kier alpha value is -0.120. The van der Waals surface area contributed by atoms with Crippen LogP contribution in [0.4, 0.5) is 0 Å². The van der Waals surface area contributed by atoms with Crippen molar-refractivity contribution in [2.75, 3.05) is 32.8 Å². The maximum absolute atomic E-state index is 5.94. The molecule has 2 unspecified atom stereocenters. The molecule has 3 rings (SSSR count). The quantitative estimate of drug-likeness (QED) is 0.628. The Morgan fingerprint density at radius 3 is 2.86 bits per heavy atom. The van der Waals surface area contributed by atoms with Gasteiger partial charge in [0, 0.05) is 19.6 Å². The number of morpholine rings is 1. The number of hydrogen-bond donors (Lipinski definition) is 0. The number of rotatable bonds is 3. The van der Waals surface area contributed by atoms with Gasteiger partial charge in [-0.05, 0) is 25.7 Å². The highest BCUT2D eigenvalue weighted by atomic mass is 16.6. The SMILES string of the molecule is CC1(C2CC2)CN(CC2CO2)CCO1. The van der Waals surface area contributed by atoms with E-state index in [-0.39, 0.29) is 5.60 Å². The van der Waals surface area contributed by atoms with Gasteiger partial charge in [0.25, 0.3) is 0 Å². The Morgan fingerprint density at radius 1 is 1.43 bits per heavy atom. The lowest BCUT2D eigenvalue weighted by atomic mass is 9.98. The van der Waals surface area contributed by atoms with Gasteiger partial charge < -0.3 is 9.47 Å². The van der Waals surface area contributed by atoms with Crippen molar-refractivity contribution in [3.8, 4) is 0 Å². The summed E-state index contributed by atoms with van der Waals surface area (Å²) in [5.41, 5.74) is 0.146. The topological polar surface area (TPSA) is 25.0 Å². The van der Waals surface area contributed by atoms with Gasteiger partial charge in [0.2, 0.25) is 0 Å². The third kappa shape index (κ3) is 1.81. The van der Waals surface area contributed by atoms with E-state index in [1.165, 1.54) is 12.8 Å². The van der Waals surface area contributed by atoms with Crippen molar-refractivity contribution in [1.82, 2.24) is 4.90 Å². The molecule has 0 aromatic heterocycles. The van der Waals surface area contributed by atoms with E-state index >= 15 is 0 Å². The van der Waals surface area contributed by atoms with Crippen LogP contribution in [0.5, 0.6) is 0 Å². The van der Waals surface area contributed by atoms with Gasteiger partial charge in [0.15, 0.2) is 0 Å². The maximum atomic E-state index is 5.94. The standard InChI is InChI=1S/C11H19NO2/c1-11(9-2-3-9)8-12(4-5-14-11)6-10-7-13-10/h9-10H,2-8H2,1H3. The highest BCUT2D eigenvalue weighted by Crippen LogP contribution is 2.43. The van der Waals surface area contributed by atoms with Crippen LogP contribution in [0.3, 0.4) is 0 Å². The molecular weight excluding hydrogens is 178 g/mol. The summed E-state index contributed by atoms with van der Waals surface area (Å²) < 4.78 is 11.2. The summed E-state index contributed by atoms with van der Waals surface area (Å²) in [5, 5.41) is 0. The van der Waals surface area contributed by atoms with E-state index in [0.717, 1.165) is 38.8 Å². The second kappa shape index (κ2) is 3.19. The zero-order valence-corrected chi connectivity index (χ0v) is 8.87. The Labute approximate surface area is 85.4 Å². The zero-order valence-electron chi connectivity index (χ0n) is 8.87. The van der Waals surface area contributed by atoms with Gasteiger partial charge in [-0.25, -0.2) is 0 Å². The molecule has 3 fully saturated rings. The Kier molecular flexibility index (Phi) is 2.08. The van der Waals surface area contributed by atoms with Crippen LogP contribution in [0.15, 0.2) is 0 Å². The minimum Gasteiger partial charge on any atom is -0.372 e. The molecule has 2 heterocycles. The minimum absolute atomic E-state index is 0.146. The molecule has 0 amide bonds. The Bertz CT molecular complexity index is 225. The fourth-order valence-corrected chi connectivity index (χ4v) is 2.53. The molecule has 0 bridgehead atoms. The maximum Gasteiger partial charge on any atom is 0.0936 e. The Morgan fingerprint density at radius 2 is 2.21 bits per heavy atom. The van der Waals surface area contributed by atoms with Crippen molar-refractivity contribution in [3.05, 3.63) is 0 Å². The first-order chi connectivity index (χ1) is 6.76. The van der Waals surface area contributed by atoms with E-state index in [9.17, 15) is 0 Å². The average Bonchev–Trinajstić information content (AvgIpc) is 3.00. The van der Waals surface area contributed by atoms with E-state index in [4.69, 9.17) is 9.47 Å². The van der Waals surface area contributed by atoms with Crippen molar-refractivity contribution in [1.29, 1.82) is 0 Å². The smallest absolute Gasteiger partial charge is 0.0936 e. The van der Waals surface area contributed by atoms with Crippen LogP contribution in [0.25, 0.3) is 0 Å². The lowest BCUT2D eigenvalue weighted by Crippen LogP contribution is -2.52. The van der Waals surface area contributed by atoms with Crippen LogP contribution in [0.2, 0.25) is 0 Å². The lowest BCUT2D eigenvalue weighted by Gasteiger charge is -2.40. The van der Waals surface area contributed by atoms with Gasteiger partial charge in [-0.1, -0.05) is 0 Å². The molecule has 1 aliphatic carbocycles. The van der Waals surface area contributed by atoms with Crippen LogP contribution in [0, 0.1) is 5.92 Å². The third-order valence-corrected chi connectivity index (χ3v) is 3.68. The monoisotopic (exact) mass is 197 g/mol. The van der Waals surface area contributed by atoms with Crippen LogP contribution in [-0.2, 0) is 9.47 Å². The summed E-state index contributed by atoms with van der Waals surface area (Å²) in [6.45, 7) is 7.47. The molecule has 0 spiro atoms. The summed E-state index contributed by atoms with van der Waals surface area (Å²) in [4.78, 5) is 2.51. The van der Waals surface area contributed by atoms with Gasteiger partial charge in [0.1, 0.15) is 0 Å². The molecule has 0 N–H and O–H groups in total. The first-order valence-corrected chi connectivity index (χ1v) is 5.74. The molecule has 80 valence electrons. The predicted molar refractivity (Wildman–Crippen MR) is 53.3 cm³/mol. The van der Waals surface area contributed by atoms with Crippen LogP contribution in [-0.4, -0.2) is 49.5 Å². The number of epoxide rings is 1. The van der Waals surface area contributed by atoms with Crippen LogP contribution >= 0.6 is 0 Å². The highest BCUT2D eigenvalue weighted by molar-refractivity contribution is 4.97. The molecule has 0 radical (unpaired) electrons. The van der Waals surface area contributed by atoms with Crippen LogP contribution < -0.4 is 0 Å². The average molecular weight is 197 g/mol. The van der Waals surface area contributed by atoms with Gasteiger partial charge in [0.05, 0.1) is 24.9 Å². The van der Waals surface area contributed by atoms with Crippen molar-refractivity contribution in [2.45, 2.75) is 31.5 Å². The van der Waals surface area contributed by atoms with Crippen molar-refractivity contribution in [3.63, 3.8) is 0 Å². The summed E-state index contributed by atoms with van der Waals surface area (Å²) in [5.74, 6) is 0.824. The fourth-order valence-electron chi connectivity index (χ4n) is 2.53. The first-order valence-electron chi connectivity index (χ1n) is 5.74. The number of ether oxygens (including phenoxy) is 2. The normalized spacial score (nSPS) is 43.9. The minimum atomic E-state index is 0.146. The molecule has 2 saturated heterocycles. The van der Waals surface area contributed by atoms with Gasteiger partial charge in [-0.15, -0.1) is 0 Å². The van der Waals surface area contributed by atoms with Crippen molar-refractivity contribution in [2.24, 2.45) is 5.92 Å². The predicted octanol–water partition coefficient (Wildman–Crippen LogP) is 0.886. The van der Waals surface area contributed by atoms with Crippen LogP contribution in [0.1, 0.15) is 19.8 Å². The number of nitrogens with zero attached hydrogens (tertiary/aromatic N) is 1. The molecule has 2 atom stereocenters. The molecule has 3 nitrogen and oxygen atoms in total. The molecule has 3 heteroatoms. The fraction of sp³-hybridized carbons (Fsp3) is 1.00. The van der Waals surface area contributed by atoms with Gasteiger partial charge >= 0.3 is 0 Å². The molecule has 0 aromatic rings. The Balaban J connectivity index is 1.58. The van der Waals surface area contributed by atoms with Crippen molar-refractivity contribution >= 4 is 0 Å². The van der Waals surface area contributed by atoms with E-state index in [1.54, 1.807) is 0 Å². The summed E-state index contributed by atoms with van der Waals surface area (Å²) in [7, 11) is 0.